The van der Waals surface area contributed by atoms with E-state index in [-0.39, 0.29) is 23.9 Å². The molecule has 5 rings (SSSR count). The topological polar surface area (TPSA) is 71.1 Å². The van der Waals surface area contributed by atoms with Gasteiger partial charge in [-0.15, -0.1) is 0 Å². The molecule has 1 aliphatic carbocycles. The van der Waals surface area contributed by atoms with Crippen molar-refractivity contribution < 1.29 is 13.9 Å². The van der Waals surface area contributed by atoms with Crippen molar-refractivity contribution in [2.75, 3.05) is 7.05 Å². The zero-order valence-electron chi connectivity index (χ0n) is 18.6. The molecule has 1 N–H and O–H groups in total. The van der Waals surface area contributed by atoms with Crippen LogP contribution in [0.1, 0.15) is 48.1 Å². The quantitative estimate of drug-likeness (QED) is 0.407. The number of aromatic amines is 1. The van der Waals surface area contributed by atoms with E-state index in [0.29, 0.717) is 11.3 Å². The molecule has 1 unspecified atom stereocenters. The lowest BCUT2D eigenvalue weighted by atomic mass is 10.00. The molecule has 0 spiro atoms. The first-order chi connectivity index (χ1) is 16.0. The average Bonchev–Trinajstić information content (AvgIpc) is 3.50. The summed E-state index contributed by atoms with van der Waals surface area (Å²) in [7, 11) is 1.80. The zero-order valence-corrected chi connectivity index (χ0v) is 18.6. The molecule has 6 nitrogen and oxygen atoms in total. The summed E-state index contributed by atoms with van der Waals surface area (Å²) in [5, 5.41) is 8.05. The first kappa shape index (κ1) is 21.1. The number of fused-ring (bicyclic) bond motifs is 1. The molecule has 1 fully saturated rings. The van der Waals surface area contributed by atoms with Gasteiger partial charge in [-0.1, -0.05) is 19.1 Å². The van der Waals surface area contributed by atoms with Gasteiger partial charge in [0.05, 0.1) is 23.9 Å². The van der Waals surface area contributed by atoms with Crippen LogP contribution in [0.2, 0.25) is 0 Å². The van der Waals surface area contributed by atoms with Crippen molar-refractivity contribution in [3.8, 4) is 16.9 Å². The van der Waals surface area contributed by atoms with Gasteiger partial charge in [-0.3, -0.25) is 14.9 Å². The van der Waals surface area contributed by atoms with E-state index in [2.05, 4.69) is 15.2 Å². The number of ether oxygens (including phenoxy) is 1. The number of pyridine rings is 1. The van der Waals surface area contributed by atoms with Crippen LogP contribution in [0, 0.1) is 5.82 Å². The first-order valence-electron chi connectivity index (χ1n) is 11.2. The summed E-state index contributed by atoms with van der Waals surface area (Å²) < 4.78 is 20.0. The lowest BCUT2D eigenvalue weighted by Crippen LogP contribution is -2.31. The van der Waals surface area contributed by atoms with Crippen LogP contribution in [0.5, 0.6) is 5.75 Å². The van der Waals surface area contributed by atoms with Crippen LogP contribution in [-0.4, -0.2) is 39.1 Å². The number of amides is 1. The molecule has 1 amide bonds. The number of aromatic nitrogens is 3. The van der Waals surface area contributed by atoms with Gasteiger partial charge in [0, 0.05) is 41.5 Å². The number of nitrogens with one attached hydrogen (secondary N) is 1. The third-order valence-electron chi connectivity index (χ3n) is 6.10. The largest absolute Gasteiger partial charge is 0.490 e. The Morgan fingerprint density at radius 3 is 2.82 bits per heavy atom. The highest BCUT2D eigenvalue weighted by Gasteiger charge is 2.27. The van der Waals surface area contributed by atoms with E-state index in [1.54, 1.807) is 48.7 Å². The highest BCUT2D eigenvalue weighted by Crippen LogP contribution is 2.37. The Morgan fingerprint density at radius 1 is 1.21 bits per heavy atom. The summed E-state index contributed by atoms with van der Waals surface area (Å²) in [6.07, 6.45) is 8.10. The lowest BCUT2D eigenvalue weighted by Gasteiger charge is -2.28. The number of nitrogens with zero attached hydrogens (tertiary/aromatic N) is 3. The number of hydrogen-bond acceptors (Lipinski definition) is 4. The summed E-state index contributed by atoms with van der Waals surface area (Å²) in [5.41, 5.74) is 3.84. The molecule has 7 heteroatoms. The highest BCUT2D eigenvalue weighted by molar-refractivity contribution is 5.96. The Hall–Kier alpha value is -3.74. The number of halogens is 1. The van der Waals surface area contributed by atoms with Crippen molar-refractivity contribution in [2.45, 2.75) is 38.3 Å². The van der Waals surface area contributed by atoms with Gasteiger partial charge in [0.15, 0.2) is 0 Å². The normalized spacial score (nSPS) is 14.3. The molecule has 33 heavy (non-hydrogen) atoms. The summed E-state index contributed by atoms with van der Waals surface area (Å²) in [6.45, 7) is 2.04. The van der Waals surface area contributed by atoms with E-state index in [0.717, 1.165) is 46.9 Å². The van der Waals surface area contributed by atoms with Crippen molar-refractivity contribution >= 4 is 16.8 Å². The highest BCUT2D eigenvalue weighted by atomic mass is 19.1. The second-order valence-electron chi connectivity index (χ2n) is 8.44. The van der Waals surface area contributed by atoms with Crippen molar-refractivity contribution in [1.82, 2.24) is 20.1 Å². The third kappa shape index (κ3) is 4.18. The van der Waals surface area contributed by atoms with E-state index in [1.807, 2.05) is 19.1 Å². The fourth-order valence-corrected chi connectivity index (χ4v) is 4.20. The van der Waals surface area contributed by atoms with Gasteiger partial charge in [-0.05, 0) is 55.2 Å². The second kappa shape index (κ2) is 8.65. The molecule has 2 heterocycles. The Labute approximate surface area is 191 Å². The summed E-state index contributed by atoms with van der Waals surface area (Å²) in [6, 6.07) is 11.6. The smallest absolute Gasteiger partial charge is 0.254 e. The zero-order chi connectivity index (χ0) is 22.9. The number of benzene rings is 2. The minimum absolute atomic E-state index is 0.121. The van der Waals surface area contributed by atoms with Crippen LogP contribution in [0.15, 0.2) is 61.1 Å². The average molecular weight is 445 g/mol. The number of hydrogen-bond donors (Lipinski definition) is 1. The molecule has 2 aromatic heterocycles. The molecular weight excluding hydrogens is 419 g/mol. The minimum atomic E-state index is -0.308. The summed E-state index contributed by atoms with van der Waals surface area (Å²) in [5.74, 6) is 0.176. The van der Waals surface area contributed by atoms with Crippen LogP contribution in [0.25, 0.3) is 22.0 Å². The maximum Gasteiger partial charge on any atom is 0.254 e. The van der Waals surface area contributed by atoms with Crippen molar-refractivity contribution in [1.29, 1.82) is 0 Å². The Kier molecular flexibility index (Phi) is 5.54. The maximum atomic E-state index is 13.8. The minimum Gasteiger partial charge on any atom is -0.490 e. The monoisotopic (exact) mass is 444 g/mol. The fourth-order valence-electron chi connectivity index (χ4n) is 4.20. The Balaban J connectivity index is 1.48. The second-order valence-corrected chi connectivity index (χ2v) is 8.44. The number of rotatable bonds is 7. The van der Waals surface area contributed by atoms with Gasteiger partial charge in [0.2, 0.25) is 0 Å². The van der Waals surface area contributed by atoms with E-state index in [9.17, 15) is 9.18 Å². The molecule has 168 valence electrons. The van der Waals surface area contributed by atoms with Crippen LogP contribution in [0.3, 0.4) is 0 Å². The van der Waals surface area contributed by atoms with E-state index in [4.69, 9.17) is 4.74 Å². The van der Waals surface area contributed by atoms with Crippen LogP contribution in [-0.2, 0) is 0 Å². The summed E-state index contributed by atoms with van der Waals surface area (Å²) in [4.78, 5) is 19.6. The molecule has 0 saturated heterocycles. The predicted molar refractivity (Wildman–Crippen MR) is 125 cm³/mol. The predicted octanol–water partition coefficient (Wildman–Crippen LogP) is 5.53. The van der Waals surface area contributed by atoms with Crippen LogP contribution >= 0.6 is 0 Å². The van der Waals surface area contributed by atoms with Gasteiger partial charge in [-0.2, -0.15) is 5.10 Å². The Bertz CT molecular complexity index is 1310. The van der Waals surface area contributed by atoms with E-state index < -0.39 is 0 Å². The maximum absolute atomic E-state index is 13.8. The molecular formula is C26H25FN4O2. The fraction of sp³-hybridized carbons (Fsp3) is 0.269. The molecule has 0 radical (unpaired) electrons. The number of carbonyl (C=O) groups excluding carboxylic acids is 1. The van der Waals surface area contributed by atoms with Gasteiger partial charge in [0.25, 0.3) is 5.91 Å². The first-order valence-corrected chi connectivity index (χ1v) is 11.2. The van der Waals surface area contributed by atoms with Gasteiger partial charge >= 0.3 is 0 Å². The number of H-pyrrole nitrogens is 1. The van der Waals surface area contributed by atoms with Crippen LogP contribution < -0.4 is 4.74 Å². The van der Waals surface area contributed by atoms with Gasteiger partial charge < -0.3 is 9.64 Å². The van der Waals surface area contributed by atoms with Gasteiger partial charge in [-0.25, -0.2) is 4.39 Å². The van der Waals surface area contributed by atoms with Gasteiger partial charge in [0.1, 0.15) is 11.6 Å². The van der Waals surface area contributed by atoms with Crippen LogP contribution in [0.4, 0.5) is 4.39 Å². The standard InChI is InChI=1S/C26H25FN4O2/c1-3-23(22-15-28-13-18-14-29-30-25(18)22)31(2)26(32)17-7-10-21(16-5-4-6-19(27)11-16)24(12-17)33-20-8-9-20/h4-7,10-15,20,23H,3,8-9H2,1-2H3,(H,29,30). The van der Waals surface area contributed by atoms with Crippen molar-refractivity contribution in [3.63, 3.8) is 0 Å². The molecule has 4 aromatic rings. The van der Waals surface area contributed by atoms with E-state index in [1.165, 1.54) is 12.1 Å². The third-order valence-corrected chi connectivity index (χ3v) is 6.10. The van der Waals surface area contributed by atoms with Crippen molar-refractivity contribution in [2.24, 2.45) is 0 Å². The Morgan fingerprint density at radius 2 is 2.06 bits per heavy atom. The van der Waals surface area contributed by atoms with Crippen molar-refractivity contribution in [3.05, 3.63) is 78.0 Å². The molecule has 0 bridgehead atoms. The molecule has 1 atom stereocenters. The summed E-state index contributed by atoms with van der Waals surface area (Å²) >= 11 is 0. The lowest BCUT2D eigenvalue weighted by molar-refractivity contribution is 0.0726. The molecule has 0 aliphatic heterocycles. The molecule has 2 aromatic carbocycles. The van der Waals surface area contributed by atoms with E-state index >= 15 is 0 Å². The number of carbonyl (C=O) groups is 1. The SMILES string of the molecule is CCC(c1cncc2cn[nH]c12)N(C)C(=O)c1ccc(-c2cccc(F)c2)c(OC2CC2)c1. The molecule has 1 aliphatic rings. The molecule has 1 saturated carbocycles.